The topological polar surface area (TPSA) is 37.3 Å². The second-order valence-electron chi connectivity index (χ2n) is 6.97. The first-order chi connectivity index (χ1) is 8.73. The molecule has 0 heterocycles. The Morgan fingerprint density at radius 1 is 0.895 bits per heavy atom. The first-order valence-electron chi connectivity index (χ1n) is 7.65. The maximum atomic E-state index is 10.7. The number of hydrogen-bond acceptors (Lipinski definition) is 1. The summed E-state index contributed by atoms with van der Waals surface area (Å²) in [6.45, 7) is 9.00. The lowest BCUT2D eigenvalue weighted by Crippen LogP contribution is -2.33. The van der Waals surface area contributed by atoms with E-state index in [2.05, 4.69) is 36.9 Å². The fourth-order valence-corrected chi connectivity index (χ4v) is 2.63. The van der Waals surface area contributed by atoms with Gasteiger partial charge in [0.15, 0.2) is 0 Å². The third kappa shape index (κ3) is 7.92. The van der Waals surface area contributed by atoms with E-state index in [1.165, 1.54) is 44.7 Å². The van der Waals surface area contributed by atoms with Gasteiger partial charge in [0.25, 0.3) is 0 Å². The second-order valence-corrected chi connectivity index (χ2v) is 7.55. The molecule has 0 aromatic rings. The predicted molar refractivity (Wildman–Crippen MR) is 86.7 cm³/mol. The van der Waals surface area contributed by atoms with Gasteiger partial charge in [-0.2, -0.15) is 0 Å². The van der Waals surface area contributed by atoms with Crippen LogP contribution in [0.3, 0.4) is 0 Å². The average molecular weight is 288 g/mol. The number of carbonyl (C=O) groups is 1. The van der Waals surface area contributed by atoms with Crippen LogP contribution in [-0.2, 0) is 4.79 Å². The number of carboxylic acids is 1. The van der Waals surface area contributed by atoms with Crippen LogP contribution in [0.15, 0.2) is 0 Å². The van der Waals surface area contributed by atoms with Gasteiger partial charge in [0.1, 0.15) is 0 Å². The molecule has 0 aliphatic carbocycles. The summed E-state index contributed by atoms with van der Waals surface area (Å²) in [6, 6.07) is 0. The van der Waals surface area contributed by atoms with Crippen LogP contribution in [0.5, 0.6) is 0 Å². The van der Waals surface area contributed by atoms with E-state index >= 15 is 0 Å². The molecule has 114 valence electrons. The van der Waals surface area contributed by atoms with E-state index in [-0.39, 0.29) is 17.3 Å². The van der Waals surface area contributed by atoms with Crippen LogP contribution >= 0.6 is 9.24 Å². The molecule has 0 bridgehead atoms. The molecule has 0 saturated carbocycles. The van der Waals surface area contributed by atoms with Crippen molar-refractivity contribution >= 4 is 15.2 Å². The Bertz CT molecular complexity index is 259. The minimum Gasteiger partial charge on any atom is -0.481 e. The van der Waals surface area contributed by atoms with Gasteiger partial charge in [-0.15, -0.1) is 9.24 Å². The number of carboxylic acid groups (broad SMARTS) is 1. The Labute approximate surface area is 121 Å². The third-order valence-electron chi connectivity index (χ3n) is 4.80. The molecule has 0 aliphatic heterocycles. The summed E-state index contributed by atoms with van der Waals surface area (Å²) in [4.78, 5) is 10.7. The minimum absolute atomic E-state index is 0.0887. The molecule has 0 amide bonds. The van der Waals surface area contributed by atoms with E-state index in [1.807, 2.05) is 0 Å². The van der Waals surface area contributed by atoms with Gasteiger partial charge in [-0.3, -0.25) is 4.79 Å². The molecule has 0 spiro atoms. The highest BCUT2D eigenvalue weighted by Gasteiger charge is 2.36. The fourth-order valence-electron chi connectivity index (χ4n) is 2.34. The van der Waals surface area contributed by atoms with Crippen LogP contribution in [0.4, 0.5) is 0 Å². The van der Waals surface area contributed by atoms with Gasteiger partial charge < -0.3 is 5.11 Å². The molecule has 0 fully saturated rings. The largest absolute Gasteiger partial charge is 0.481 e. The molecule has 0 rings (SSSR count). The molecule has 0 radical (unpaired) electrons. The zero-order chi connectivity index (χ0) is 14.9. The van der Waals surface area contributed by atoms with Gasteiger partial charge in [0.05, 0.1) is 0 Å². The summed E-state index contributed by atoms with van der Waals surface area (Å²) in [5.74, 6) is -0.679. The molecule has 1 N–H and O–H groups in total. The maximum absolute atomic E-state index is 10.7. The van der Waals surface area contributed by atoms with E-state index in [0.717, 1.165) is 6.42 Å². The summed E-state index contributed by atoms with van der Waals surface area (Å²) in [5.41, 5.74) is 0.300. The molecule has 0 saturated heterocycles. The van der Waals surface area contributed by atoms with Crippen LogP contribution in [0.2, 0.25) is 0 Å². The second kappa shape index (κ2) is 8.95. The number of rotatable bonds is 11. The van der Waals surface area contributed by atoms with Crippen molar-refractivity contribution in [2.45, 2.75) is 79.1 Å². The van der Waals surface area contributed by atoms with E-state index < -0.39 is 5.97 Å². The molecular weight excluding hydrogens is 255 g/mol. The highest BCUT2D eigenvalue weighted by Crippen LogP contribution is 2.45. The van der Waals surface area contributed by atoms with Crippen LogP contribution in [0.25, 0.3) is 0 Å². The van der Waals surface area contributed by atoms with Crippen LogP contribution in [0.1, 0.15) is 79.1 Å². The van der Waals surface area contributed by atoms with Crippen molar-refractivity contribution in [3.8, 4) is 0 Å². The highest BCUT2D eigenvalue weighted by atomic mass is 31.0. The molecule has 0 aromatic carbocycles. The summed E-state index contributed by atoms with van der Waals surface area (Å²) in [6.07, 6.45) is 10.0. The SMILES string of the molecule is CC(C)(CCCCCCCP)C(C)(C)CCC(=O)O. The third-order valence-corrected chi connectivity index (χ3v) is 5.21. The number of unbranched alkanes of at least 4 members (excludes halogenated alkanes) is 4. The maximum Gasteiger partial charge on any atom is 0.303 e. The normalized spacial score (nSPS) is 12.7. The van der Waals surface area contributed by atoms with Crippen molar-refractivity contribution in [2.24, 2.45) is 10.8 Å². The summed E-state index contributed by atoms with van der Waals surface area (Å²) >= 11 is 0. The first-order valence-corrected chi connectivity index (χ1v) is 8.46. The quantitative estimate of drug-likeness (QED) is 0.423. The number of aliphatic carboxylic acids is 1. The Hall–Kier alpha value is -0.100. The molecule has 0 aliphatic rings. The van der Waals surface area contributed by atoms with Crippen molar-refractivity contribution < 1.29 is 9.90 Å². The summed E-state index contributed by atoms with van der Waals surface area (Å²) in [5, 5.41) is 8.84. The van der Waals surface area contributed by atoms with Gasteiger partial charge in [-0.25, -0.2) is 0 Å². The number of hydrogen-bond donors (Lipinski definition) is 1. The Morgan fingerprint density at radius 3 is 1.89 bits per heavy atom. The molecule has 1 unspecified atom stereocenters. The molecule has 3 heteroatoms. The molecule has 1 atom stereocenters. The zero-order valence-corrected chi connectivity index (χ0v) is 14.5. The smallest absolute Gasteiger partial charge is 0.303 e. The monoisotopic (exact) mass is 288 g/mol. The molecule has 0 aromatic heterocycles. The Morgan fingerprint density at radius 2 is 1.37 bits per heavy atom. The minimum atomic E-state index is -0.679. The Balaban J connectivity index is 4.02. The van der Waals surface area contributed by atoms with Crippen LogP contribution < -0.4 is 0 Å². The van der Waals surface area contributed by atoms with E-state index in [0.29, 0.717) is 0 Å². The van der Waals surface area contributed by atoms with Crippen LogP contribution in [-0.4, -0.2) is 17.2 Å². The van der Waals surface area contributed by atoms with Gasteiger partial charge in [0, 0.05) is 6.42 Å². The predicted octanol–water partition coefficient (Wildman–Crippen LogP) is 5.12. The van der Waals surface area contributed by atoms with Crippen LogP contribution in [0, 0.1) is 10.8 Å². The first kappa shape index (κ1) is 18.9. The van der Waals surface area contributed by atoms with Gasteiger partial charge in [0.2, 0.25) is 0 Å². The average Bonchev–Trinajstić information content (AvgIpc) is 2.31. The van der Waals surface area contributed by atoms with Crippen molar-refractivity contribution in [3.05, 3.63) is 0 Å². The summed E-state index contributed by atoms with van der Waals surface area (Å²) < 4.78 is 0. The highest BCUT2D eigenvalue weighted by molar-refractivity contribution is 7.16. The van der Waals surface area contributed by atoms with E-state index in [9.17, 15) is 4.79 Å². The lowest BCUT2D eigenvalue weighted by molar-refractivity contribution is -0.138. The van der Waals surface area contributed by atoms with Crippen molar-refractivity contribution in [3.63, 3.8) is 0 Å². The van der Waals surface area contributed by atoms with E-state index in [1.54, 1.807) is 0 Å². The molecule has 2 nitrogen and oxygen atoms in total. The van der Waals surface area contributed by atoms with Crippen molar-refractivity contribution in [1.82, 2.24) is 0 Å². The van der Waals surface area contributed by atoms with Gasteiger partial charge in [-0.1, -0.05) is 53.4 Å². The zero-order valence-electron chi connectivity index (χ0n) is 13.3. The van der Waals surface area contributed by atoms with Crippen molar-refractivity contribution in [2.75, 3.05) is 6.16 Å². The summed E-state index contributed by atoms with van der Waals surface area (Å²) in [7, 11) is 2.78. The van der Waals surface area contributed by atoms with E-state index in [4.69, 9.17) is 5.11 Å². The fraction of sp³-hybridized carbons (Fsp3) is 0.938. The lowest BCUT2D eigenvalue weighted by atomic mass is 9.63. The van der Waals surface area contributed by atoms with Gasteiger partial charge >= 0.3 is 5.97 Å². The molecule has 19 heavy (non-hydrogen) atoms. The Kier molecular flexibility index (Phi) is 8.90. The van der Waals surface area contributed by atoms with Gasteiger partial charge in [-0.05, 0) is 36.3 Å². The van der Waals surface area contributed by atoms with Crippen molar-refractivity contribution in [1.29, 1.82) is 0 Å². The standard InChI is InChI=1S/C16H33O2P/c1-15(2,11-8-6-5-7-9-13-19)16(3,4)12-10-14(17)18/h5-13,19H2,1-4H3,(H,17,18). The molecular formula is C16H33O2P. The lowest BCUT2D eigenvalue weighted by Gasteiger charge is -2.42.